The van der Waals surface area contributed by atoms with E-state index in [2.05, 4.69) is 0 Å². The van der Waals surface area contributed by atoms with Crippen LogP contribution in [0, 0.1) is 0 Å². The molecule has 4 heterocycles. The monoisotopic (exact) mass is 649 g/mol. The van der Waals surface area contributed by atoms with Gasteiger partial charge in [-0.1, -0.05) is 0 Å². The molecule has 0 aromatic rings. The zero-order chi connectivity index (χ0) is 32.6. The zero-order valence-corrected chi connectivity index (χ0v) is 23.5. The molecule has 20 nitrogen and oxygen atoms in total. The predicted octanol–water partition coefficient (Wildman–Crippen LogP) is -8.75. The maximum absolute atomic E-state index is 10.9. The summed E-state index contributed by atoms with van der Waals surface area (Å²) in [5, 5.41) is 123. The molecule has 14 N–H and O–H groups in total. The van der Waals surface area contributed by atoms with Crippen LogP contribution in [0.5, 0.6) is 0 Å². The minimum Gasteiger partial charge on any atom is -0.394 e. The maximum atomic E-state index is 10.9. The van der Waals surface area contributed by atoms with Crippen LogP contribution in [0.3, 0.4) is 0 Å². The van der Waals surface area contributed by atoms with Gasteiger partial charge in [-0.05, 0) is 6.92 Å². The first-order valence-corrected chi connectivity index (χ1v) is 14.0. The number of aliphatic hydroxyl groups excluding tert-OH is 12. The molecule has 0 unspecified atom stereocenters. The van der Waals surface area contributed by atoms with Crippen molar-refractivity contribution in [2.45, 2.75) is 130 Å². The van der Waals surface area contributed by atoms with Crippen molar-refractivity contribution in [3.63, 3.8) is 0 Å². The van der Waals surface area contributed by atoms with Crippen molar-refractivity contribution in [2.75, 3.05) is 19.8 Å². The van der Waals surface area contributed by atoms with Crippen LogP contribution in [0.4, 0.5) is 0 Å². The standard InChI is InChI=1S/C24H43NO19/c1-5-9(25)10(29)15(34)22(38-5)42-19-7(3-27)40-24(16(35)12(19)31)44-20-8(4-28)41-23(17(36)13(20)32)43-18-6(2-26)39-21(37)14(33)11(18)30/h5-24,26-37H,2-4,25H2,1H3/t5-,6-,7-,8-,9-,10+,11-,12-,13-,14-,15-,16-,17-,18-,19-,20-,21+,22-,23-,24-/m1/s1. The van der Waals surface area contributed by atoms with Crippen molar-refractivity contribution in [3.8, 4) is 0 Å². The van der Waals surface area contributed by atoms with Gasteiger partial charge in [-0.15, -0.1) is 0 Å². The molecule has 4 saturated heterocycles. The molecular formula is C24H43NO19. The van der Waals surface area contributed by atoms with Crippen LogP contribution in [0.2, 0.25) is 0 Å². The van der Waals surface area contributed by atoms with Gasteiger partial charge in [-0.3, -0.25) is 0 Å². The van der Waals surface area contributed by atoms with E-state index in [1.54, 1.807) is 0 Å². The Morgan fingerprint density at radius 2 is 0.818 bits per heavy atom. The first-order valence-electron chi connectivity index (χ1n) is 14.0. The van der Waals surface area contributed by atoms with Crippen molar-refractivity contribution < 1.29 is 94.4 Å². The Morgan fingerprint density at radius 3 is 1.23 bits per heavy atom. The van der Waals surface area contributed by atoms with Crippen LogP contribution in [0.15, 0.2) is 0 Å². The summed E-state index contributed by atoms with van der Waals surface area (Å²) in [4.78, 5) is 0. The molecular weight excluding hydrogens is 606 g/mol. The van der Waals surface area contributed by atoms with Gasteiger partial charge in [0, 0.05) is 0 Å². The molecule has 258 valence electrons. The average Bonchev–Trinajstić information content (AvgIpc) is 3.01. The van der Waals surface area contributed by atoms with E-state index in [4.69, 9.17) is 38.9 Å². The van der Waals surface area contributed by atoms with Crippen molar-refractivity contribution in [1.29, 1.82) is 0 Å². The van der Waals surface area contributed by atoms with Gasteiger partial charge in [0.15, 0.2) is 25.2 Å². The molecule has 20 atom stereocenters. The lowest BCUT2D eigenvalue weighted by atomic mass is 9.95. The molecule has 0 aromatic heterocycles. The molecule has 4 aliphatic rings. The molecule has 4 aliphatic heterocycles. The van der Waals surface area contributed by atoms with Gasteiger partial charge in [0.05, 0.1) is 32.0 Å². The van der Waals surface area contributed by atoms with E-state index >= 15 is 0 Å². The molecule has 0 bridgehead atoms. The summed E-state index contributed by atoms with van der Waals surface area (Å²) >= 11 is 0. The van der Waals surface area contributed by atoms with Crippen molar-refractivity contribution >= 4 is 0 Å². The summed E-state index contributed by atoms with van der Waals surface area (Å²) in [5.74, 6) is 0. The summed E-state index contributed by atoms with van der Waals surface area (Å²) < 4.78 is 38.2. The van der Waals surface area contributed by atoms with Gasteiger partial charge >= 0.3 is 0 Å². The van der Waals surface area contributed by atoms with Crippen molar-refractivity contribution in [2.24, 2.45) is 5.73 Å². The summed E-state index contributed by atoms with van der Waals surface area (Å²) in [5.41, 5.74) is 5.76. The number of aliphatic hydroxyl groups is 12. The van der Waals surface area contributed by atoms with Crippen LogP contribution in [-0.2, 0) is 33.2 Å². The third-order valence-corrected chi connectivity index (χ3v) is 8.27. The average molecular weight is 650 g/mol. The van der Waals surface area contributed by atoms with E-state index in [-0.39, 0.29) is 0 Å². The molecule has 0 aromatic carbocycles. The van der Waals surface area contributed by atoms with E-state index in [1.807, 2.05) is 0 Å². The molecule has 0 radical (unpaired) electrons. The molecule has 44 heavy (non-hydrogen) atoms. The van der Waals surface area contributed by atoms with E-state index < -0.39 is 143 Å². The highest BCUT2D eigenvalue weighted by atomic mass is 16.8. The van der Waals surface area contributed by atoms with Gasteiger partial charge in [0.25, 0.3) is 0 Å². The van der Waals surface area contributed by atoms with Crippen molar-refractivity contribution in [3.05, 3.63) is 0 Å². The van der Waals surface area contributed by atoms with E-state index in [9.17, 15) is 61.3 Å². The predicted molar refractivity (Wildman–Crippen MR) is 134 cm³/mol. The smallest absolute Gasteiger partial charge is 0.187 e. The lowest BCUT2D eigenvalue weighted by molar-refractivity contribution is -0.385. The Hall–Kier alpha value is -0.800. The lowest BCUT2D eigenvalue weighted by Gasteiger charge is -2.49. The normalized spacial score (nSPS) is 53.9. The van der Waals surface area contributed by atoms with Gasteiger partial charge in [0.2, 0.25) is 0 Å². The van der Waals surface area contributed by atoms with E-state index in [0.717, 1.165) is 0 Å². The second-order valence-electron chi connectivity index (χ2n) is 11.2. The summed E-state index contributed by atoms with van der Waals surface area (Å²) in [6, 6.07) is -0.949. The van der Waals surface area contributed by atoms with Crippen LogP contribution in [0.1, 0.15) is 6.92 Å². The minimum absolute atomic E-state index is 0.781. The summed E-state index contributed by atoms with van der Waals surface area (Å²) in [6.07, 6.45) is -31.4. The number of hydrogen-bond donors (Lipinski definition) is 13. The zero-order valence-electron chi connectivity index (χ0n) is 23.5. The van der Waals surface area contributed by atoms with Gasteiger partial charge in [0.1, 0.15) is 85.5 Å². The van der Waals surface area contributed by atoms with Gasteiger partial charge in [-0.25, -0.2) is 0 Å². The van der Waals surface area contributed by atoms with Gasteiger partial charge in [-0.2, -0.15) is 0 Å². The van der Waals surface area contributed by atoms with E-state index in [1.165, 1.54) is 6.92 Å². The number of ether oxygens (including phenoxy) is 7. The molecule has 0 spiro atoms. The highest BCUT2D eigenvalue weighted by Gasteiger charge is 2.54. The highest BCUT2D eigenvalue weighted by Crippen LogP contribution is 2.33. The largest absolute Gasteiger partial charge is 0.394 e. The fourth-order valence-electron chi connectivity index (χ4n) is 5.53. The number of hydrogen-bond acceptors (Lipinski definition) is 20. The fraction of sp³-hybridized carbons (Fsp3) is 1.00. The Kier molecular flexibility index (Phi) is 12.3. The minimum atomic E-state index is -1.97. The van der Waals surface area contributed by atoms with Crippen LogP contribution in [0.25, 0.3) is 0 Å². The topological polar surface area (TPSA) is 333 Å². The Bertz CT molecular complexity index is 902. The third kappa shape index (κ3) is 7.05. The lowest BCUT2D eigenvalue weighted by Crippen LogP contribution is -2.67. The first-order chi connectivity index (χ1) is 20.7. The van der Waals surface area contributed by atoms with Crippen LogP contribution in [-0.4, -0.2) is 204 Å². The molecule has 20 heteroatoms. The van der Waals surface area contributed by atoms with Crippen LogP contribution >= 0.6 is 0 Å². The molecule has 4 rings (SSSR count). The SMILES string of the molecule is C[C@H]1O[C@H](O[C@H]2[C@H](O)[C@@H](O)[C@@H](O[C@H]3[C@H](O)[C@@H](O)[C@@H](O[C@H]4[C@H](O)[C@@H](O)[C@@H](O)O[C@@H]4CO)O[C@@H]3CO)O[C@@H]2CO)[C@H](O)[C@@H](O)[C@@H]1N. The Balaban J connectivity index is 1.43. The Labute approximate surface area is 250 Å². The number of nitrogens with two attached hydrogens (primary N) is 1. The molecule has 4 fully saturated rings. The summed E-state index contributed by atoms with van der Waals surface area (Å²) in [7, 11) is 0. The first kappa shape index (κ1) is 36.0. The highest BCUT2D eigenvalue weighted by molar-refractivity contribution is 4.97. The quantitative estimate of drug-likeness (QED) is 0.110. The van der Waals surface area contributed by atoms with E-state index in [0.29, 0.717) is 0 Å². The second-order valence-corrected chi connectivity index (χ2v) is 11.2. The number of rotatable bonds is 9. The molecule has 0 amide bonds. The van der Waals surface area contributed by atoms with Crippen LogP contribution < -0.4 is 5.73 Å². The second kappa shape index (κ2) is 15.0. The molecule has 0 saturated carbocycles. The van der Waals surface area contributed by atoms with Crippen molar-refractivity contribution in [1.82, 2.24) is 0 Å². The Morgan fingerprint density at radius 1 is 0.477 bits per heavy atom. The molecule has 0 aliphatic carbocycles. The van der Waals surface area contributed by atoms with Gasteiger partial charge < -0.3 is 100 Å². The summed E-state index contributed by atoms with van der Waals surface area (Å²) in [6.45, 7) is -0.974. The fourth-order valence-corrected chi connectivity index (χ4v) is 5.53. The maximum Gasteiger partial charge on any atom is 0.187 e. The third-order valence-electron chi connectivity index (χ3n) is 8.27.